The molecule has 0 bridgehead atoms. The number of sulfonamides is 1. The van der Waals surface area contributed by atoms with Gasteiger partial charge in [-0.25, -0.2) is 22.6 Å². The van der Waals surface area contributed by atoms with E-state index in [0.717, 1.165) is 16.6 Å². The monoisotopic (exact) mass is 398 g/mol. The van der Waals surface area contributed by atoms with Crippen molar-refractivity contribution < 1.29 is 17.6 Å². The number of fused-ring (bicyclic) bond motifs is 1. The highest BCUT2D eigenvalue weighted by atomic mass is 32.2. The summed E-state index contributed by atoms with van der Waals surface area (Å²) in [5, 5.41) is 5.77. The van der Waals surface area contributed by atoms with Gasteiger partial charge < -0.3 is 5.32 Å². The minimum Gasteiger partial charge on any atom is -0.336 e. The van der Waals surface area contributed by atoms with Crippen molar-refractivity contribution in [3.8, 4) is 0 Å². The summed E-state index contributed by atoms with van der Waals surface area (Å²) in [4.78, 5) is 16.5. The Hall–Kier alpha value is -2.04. The van der Waals surface area contributed by atoms with E-state index in [1.807, 2.05) is 13.8 Å². The highest BCUT2D eigenvalue weighted by molar-refractivity contribution is 7.89. The Balaban J connectivity index is 1.78. The predicted octanol–water partition coefficient (Wildman–Crippen LogP) is 2.56. The van der Waals surface area contributed by atoms with E-state index in [-0.39, 0.29) is 30.1 Å². The Bertz CT molecular complexity index is 927. The molecule has 1 aromatic carbocycles. The average Bonchev–Trinajstić information content (AvgIpc) is 2.95. The number of nitrogens with zero attached hydrogens (tertiary/aromatic N) is 2. The molecule has 1 aromatic heterocycles. The van der Waals surface area contributed by atoms with Crippen molar-refractivity contribution in [3.63, 3.8) is 0 Å². The number of aromatic nitrogens is 1. The number of amides is 2. The van der Waals surface area contributed by atoms with Crippen LogP contribution in [0.25, 0.3) is 0 Å². The maximum Gasteiger partial charge on any atom is 0.321 e. The largest absolute Gasteiger partial charge is 0.336 e. The lowest BCUT2D eigenvalue weighted by atomic mass is 10.2. The standard InChI is InChI=1S/C16H19FN4O3S2/c1-10(2)18-15(22)20-16-19-12-7-8-21(9-13(12)25-16)26(23,24)14-6-4-3-5-11(14)17/h3-6,10H,7-9H2,1-2H3,(H2,18,19,20,22). The first kappa shape index (κ1) is 18.7. The summed E-state index contributed by atoms with van der Waals surface area (Å²) in [7, 11) is -3.93. The van der Waals surface area contributed by atoms with Crippen molar-refractivity contribution in [2.45, 2.75) is 37.8 Å². The minimum atomic E-state index is -3.93. The number of anilines is 1. The fraction of sp³-hybridized carbons (Fsp3) is 0.375. The smallest absolute Gasteiger partial charge is 0.321 e. The molecule has 0 saturated heterocycles. The molecule has 2 aromatic rings. The molecular formula is C16H19FN4O3S2. The highest BCUT2D eigenvalue weighted by Gasteiger charge is 2.32. The van der Waals surface area contributed by atoms with Crippen LogP contribution in [0.15, 0.2) is 29.2 Å². The minimum absolute atomic E-state index is 0.00834. The third-order valence-corrected chi connectivity index (χ3v) is 6.67. The van der Waals surface area contributed by atoms with Gasteiger partial charge in [-0.1, -0.05) is 23.5 Å². The van der Waals surface area contributed by atoms with E-state index >= 15 is 0 Å². The van der Waals surface area contributed by atoms with Gasteiger partial charge in [0.2, 0.25) is 10.0 Å². The second-order valence-electron chi connectivity index (χ2n) is 6.16. The molecule has 2 heterocycles. The molecule has 10 heteroatoms. The lowest BCUT2D eigenvalue weighted by molar-refractivity contribution is 0.250. The average molecular weight is 398 g/mol. The van der Waals surface area contributed by atoms with Gasteiger partial charge in [-0.3, -0.25) is 5.32 Å². The molecule has 3 rings (SSSR count). The molecule has 0 aliphatic carbocycles. The van der Waals surface area contributed by atoms with Gasteiger partial charge in [0.15, 0.2) is 5.13 Å². The number of halogens is 1. The van der Waals surface area contributed by atoms with Gasteiger partial charge in [-0.15, -0.1) is 0 Å². The van der Waals surface area contributed by atoms with E-state index in [9.17, 15) is 17.6 Å². The lowest BCUT2D eigenvalue weighted by Crippen LogP contribution is -2.36. The van der Waals surface area contributed by atoms with E-state index in [2.05, 4.69) is 15.6 Å². The van der Waals surface area contributed by atoms with Crippen molar-refractivity contribution in [2.24, 2.45) is 0 Å². The van der Waals surface area contributed by atoms with Crippen LogP contribution in [0.3, 0.4) is 0 Å². The first-order valence-electron chi connectivity index (χ1n) is 8.08. The lowest BCUT2D eigenvalue weighted by Gasteiger charge is -2.25. The molecule has 0 unspecified atom stereocenters. The fourth-order valence-electron chi connectivity index (χ4n) is 2.62. The molecule has 2 N–H and O–H groups in total. The van der Waals surface area contributed by atoms with Crippen molar-refractivity contribution in [3.05, 3.63) is 40.7 Å². The Kier molecular flexibility index (Phi) is 5.26. The van der Waals surface area contributed by atoms with Gasteiger partial charge in [-0.05, 0) is 26.0 Å². The number of thiazole rings is 1. The summed E-state index contributed by atoms with van der Waals surface area (Å²) in [6.45, 7) is 4.01. The topological polar surface area (TPSA) is 91.4 Å². The number of nitrogens with one attached hydrogen (secondary N) is 2. The van der Waals surface area contributed by atoms with Gasteiger partial charge in [0.1, 0.15) is 10.7 Å². The van der Waals surface area contributed by atoms with Crippen LogP contribution in [0, 0.1) is 5.82 Å². The number of benzene rings is 1. The number of urea groups is 1. The summed E-state index contributed by atoms with van der Waals surface area (Å²) < 4.78 is 40.6. The molecule has 0 saturated carbocycles. The van der Waals surface area contributed by atoms with Crippen molar-refractivity contribution >= 4 is 32.5 Å². The Labute approximate surface area is 155 Å². The fourth-order valence-corrected chi connectivity index (χ4v) is 5.19. The van der Waals surface area contributed by atoms with Crippen molar-refractivity contribution in [1.29, 1.82) is 0 Å². The molecule has 7 nitrogen and oxygen atoms in total. The number of rotatable bonds is 4. The Morgan fingerprint density at radius 3 is 2.77 bits per heavy atom. The van der Waals surface area contributed by atoms with E-state index < -0.39 is 15.8 Å². The van der Waals surface area contributed by atoms with Crippen LogP contribution in [0.2, 0.25) is 0 Å². The summed E-state index contributed by atoms with van der Waals surface area (Å²) in [5.74, 6) is -0.768. The zero-order chi connectivity index (χ0) is 18.9. The molecule has 0 radical (unpaired) electrons. The maximum absolute atomic E-state index is 13.9. The summed E-state index contributed by atoms with van der Waals surface area (Å²) in [6, 6.07) is 4.97. The van der Waals surface area contributed by atoms with E-state index in [4.69, 9.17) is 0 Å². The summed E-state index contributed by atoms with van der Waals surface area (Å²) in [5.41, 5.74) is 0.759. The second-order valence-corrected chi connectivity index (χ2v) is 9.15. The Morgan fingerprint density at radius 1 is 1.35 bits per heavy atom. The molecule has 0 spiro atoms. The highest BCUT2D eigenvalue weighted by Crippen LogP contribution is 2.31. The van der Waals surface area contributed by atoms with Gasteiger partial charge >= 0.3 is 6.03 Å². The van der Waals surface area contributed by atoms with E-state index in [0.29, 0.717) is 11.6 Å². The van der Waals surface area contributed by atoms with Gasteiger partial charge in [0.05, 0.1) is 12.2 Å². The van der Waals surface area contributed by atoms with Crippen LogP contribution in [0.1, 0.15) is 24.4 Å². The Morgan fingerprint density at radius 2 is 2.08 bits per heavy atom. The zero-order valence-corrected chi connectivity index (χ0v) is 16.0. The van der Waals surface area contributed by atoms with Crippen LogP contribution >= 0.6 is 11.3 Å². The number of carbonyl (C=O) groups is 1. The number of hydrogen-bond acceptors (Lipinski definition) is 5. The molecule has 1 aliphatic rings. The van der Waals surface area contributed by atoms with Gasteiger partial charge in [-0.2, -0.15) is 4.31 Å². The molecular weight excluding hydrogens is 379 g/mol. The predicted molar refractivity (Wildman–Crippen MR) is 97.1 cm³/mol. The van der Waals surface area contributed by atoms with E-state index in [1.54, 1.807) is 0 Å². The summed E-state index contributed by atoms with van der Waals surface area (Å²) in [6.07, 6.45) is 0.410. The van der Waals surface area contributed by atoms with Gasteiger partial charge in [0, 0.05) is 23.9 Å². The summed E-state index contributed by atoms with van der Waals surface area (Å²) >= 11 is 1.23. The number of hydrogen-bond donors (Lipinski definition) is 2. The number of carbonyl (C=O) groups excluding carboxylic acids is 1. The molecule has 140 valence electrons. The van der Waals surface area contributed by atoms with Gasteiger partial charge in [0.25, 0.3) is 0 Å². The normalized spacial score (nSPS) is 14.9. The third kappa shape index (κ3) is 3.87. The first-order chi connectivity index (χ1) is 12.3. The first-order valence-corrected chi connectivity index (χ1v) is 10.3. The van der Waals surface area contributed by atoms with Crippen LogP contribution in [0.4, 0.5) is 14.3 Å². The van der Waals surface area contributed by atoms with Crippen LogP contribution in [-0.4, -0.2) is 36.3 Å². The second kappa shape index (κ2) is 7.29. The van der Waals surface area contributed by atoms with Crippen molar-refractivity contribution in [1.82, 2.24) is 14.6 Å². The van der Waals surface area contributed by atoms with Crippen LogP contribution in [-0.2, 0) is 23.0 Å². The van der Waals surface area contributed by atoms with Crippen molar-refractivity contribution in [2.75, 3.05) is 11.9 Å². The molecule has 1 aliphatic heterocycles. The molecule has 0 atom stereocenters. The quantitative estimate of drug-likeness (QED) is 0.828. The molecule has 0 fully saturated rings. The maximum atomic E-state index is 13.9. The molecule has 26 heavy (non-hydrogen) atoms. The zero-order valence-electron chi connectivity index (χ0n) is 14.3. The van der Waals surface area contributed by atoms with E-state index in [1.165, 1.54) is 33.8 Å². The SMILES string of the molecule is CC(C)NC(=O)Nc1nc2c(s1)CN(S(=O)(=O)c1ccccc1F)CC2. The molecule has 2 amide bonds. The third-order valence-electron chi connectivity index (χ3n) is 3.79. The van der Waals surface area contributed by atoms with Crippen LogP contribution < -0.4 is 10.6 Å². The van der Waals surface area contributed by atoms with Crippen LogP contribution in [0.5, 0.6) is 0 Å².